The number of benzene rings is 2. The molecule has 0 unspecified atom stereocenters. The van der Waals surface area contributed by atoms with E-state index in [9.17, 15) is 0 Å². The molecular formula is C22H25N5S. The van der Waals surface area contributed by atoms with Crippen molar-refractivity contribution in [1.82, 2.24) is 14.8 Å². The van der Waals surface area contributed by atoms with Crippen LogP contribution in [0.4, 0.5) is 11.4 Å². The highest BCUT2D eigenvalue weighted by Crippen LogP contribution is 2.24. The van der Waals surface area contributed by atoms with Gasteiger partial charge in [0.05, 0.1) is 0 Å². The van der Waals surface area contributed by atoms with Crippen LogP contribution in [0.5, 0.6) is 0 Å². The summed E-state index contributed by atoms with van der Waals surface area (Å²) < 4.78 is 2.27. The first-order chi connectivity index (χ1) is 13.7. The van der Waals surface area contributed by atoms with Crippen LogP contribution in [0.3, 0.4) is 0 Å². The van der Waals surface area contributed by atoms with Crippen LogP contribution in [0.1, 0.15) is 37.6 Å². The maximum absolute atomic E-state index is 5.46. The number of nitrogens with one attached hydrogen (secondary N) is 2. The largest absolute Gasteiger partial charge is 0.332 e. The smallest absolute Gasteiger partial charge is 0.175 e. The van der Waals surface area contributed by atoms with Crippen molar-refractivity contribution in [1.29, 1.82) is 0 Å². The first kappa shape index (κ1) is 18.6. The fourth-order valence-corrected chi connectivity index (χ4v) is 3.80. The Balaban J connectivity index is 1.43. The van der Waals surface area contributed by atoms with Crippen molar-refractivity contribution in [3.05, 3.63) is 59.9 Å². The molecule has 0 radical (unpaired) electrons. The molecule has 28 heavy (non-hydrogen) atoms. The van der Waals surface area contributed by atoms with Gasteiger partial charge in [-0.25, -0.2) is 0 Å². The summed E-state index contributed by atoms with van der Waals surface area (Å²) in [5.74, 6) is 2.06. The Hall–Kier alpha value is -2.73. The zero-order chi connectivity index (χ0) is 19.3. The molecule has 1 aliphatic heterocycles. The minimum absolute atomic E-state index is 0.581. The fourth-order valence-electron chi connectivity index (χ4n) is 3.56. The molecule has 6 heteroatoms. The summed E-state index contributed by atoms with van der Waals surface area (Å²) in [5, 5.41) is 15.9. The molecule has 1 aromatic heterocycles. The molecule has 2 N–H and O–H groups in total. The van der Waals surface area contributed by atoms with E-state index in [1.54, 1.807) is 0 Å². The highest BCUT2D eigenvalue weighted by Gasteiger charge is 2.15. The number of thiocarbonyl (C=S) groups is 1. The van der Waals surface area contributed by atoms with Gasteiger partial charge >= 0.3 is 0 Å². The molecule has 0 saturated heterocycles. The van der Waals surface area contributed by atoms with Crippen molar-refractivity contribution in [2.75, 3.05) is 10.6 Å². The third-order valence-electron chi connectivity index (χ3n) is 5.10. The van der Waals surface area contributed by atoms with E-state index >= 15 is 0 Å². The van der Waals surface area contributed by atoms with Crippen LogP contribution in [0.2, 0.25) is 0 Å². The van der Waals surface area contributed by atoms with Gasteiger partial charge in [-0.3, -0.25) is 0 Å². The van der Waals surface area contributed by atoms with Gasteiger partial charge in [-0.1, -0.05) is 25.5 Å². The van der Waals surface area contributed by atoms with Crippen LogP contribution < -0.4 is 10.6 Å². The summed E-state index contributed by atoms with van der Waals surface area (Å²) in [6.45, 7) is 3.15. The zero-order valence-electron chi connectivity index (χ0n) is 16.1. The van der Waals surface area contributed by atoms with Crippen molar-refractivity contribution in [2.24, 2.45) is 0 Å². The molecule has 0 spiro atoms. The molecule has 3 aromatic rings. The second-order valence-corrected chi connectivity index (χ2v) is 7.52. The Morgan fingerprint density at radius 1 is 1.00 bits per heavy atom. The minimum atomic E-state index is 0.581. The van der Waals surface area contributed by atoms with Gasteiger partial charge in [0.1, 0.15) is 5.82 Å². The Morgan fingerprint density at radius 3 is 2.64 bits per heavy atom. The molecule has 5 nitrogen and oxygen atoms in total. The Labute approximate surface area is 171 Å². The van der Waals surface area contributed by atoms with Crippen molar-refractivity contribution in [3.63, 3.8) is 0 Å². The third-order valence-corrected chi connectivity index (χ3v) is 5.31. The SMILES string of the molecule is CCc1cccc(NC(=S)Nc2ccc(-c3nnc4n3CCCCC4)cc2)c1. The molecule has 0 saturated carbocycles. The van der Waals surface area contributed by atoms with Crippen LogP contribution >= 0.6 is 12.2 Å². The van der Waals surface area contributed by atoms with E-state index in [1.165, 1.54) is 24.8 Å². The quantitative estimate of drug-likeness (QED) is 0.610. The van der Waals surface area contributed by atoms with E-state index < -0.39 is 0 Å². The Kier molecular flexibility index (Phi) is 5.67. The predicted molar refractivity (Wildman–Crippen MR) is 119 cm³/mol. The first-order valence-corrected chi connectivity index (χ1v) is 10.3. The van der Waals surface area contributed by atoms with E-state index in [2.05, 4.69) is 56.6 Å². The highest BCUT2D eigenvalue weighted by atomic mass is 32.1. The molecule has 0 amide bonds. The van der Waals surface area contributed by atoms with Crippen LogP contribution in [0, 0.1) is 0 Å². The van der Waals surface area contributed by atoms with Crippen molar-refractivity contribution < 1.29 is 0 Å². The van der Waals surface area contributed by atoms with Gasteiger partial charge < -0.3 is 15.2 Å². The molecule has 2 heterocycles. The minimum Gasteiger partial charge on any atom is -0.332 e. The average Bonchev–Trinajstić information content (AvgIpc) is 2.97. The molecule has 0 bridgehead atoms. The zero-order valence-corrected chi connectivity index (χ0v) is 16.9. The van der Waals surface area contributed by atoms with Crippen molar-refractivity contribution >= 4 is 28.7 Å². The van der Waals surface area contributed by atoms with Crippen LogP contribution in [-0.4, -0.2) is 19.9 Å². The summed E-state index contributed by atoms with van der Waals surface area (Å²) in [6.07, 6.45) is 5.68. The average molecular weight is 392 g/mol. The maximum Gasteiger partial charge on any atom is 0.175 e. The van der Waals surface area contributed by atoms with E-state index in [0.717, 1.165) is 48.0 Å². The molecule has 2 aromatic carbocycles. The number of aromatic nitrogens is 3. The van der Waals surface area contributed by atoms with E-state index in [1.807, 2.05) is 24.3 Å². The van der Waals surface area contributed by atoms with Gasteiger partial charge in [-0.05, 0) is 73.4 Å². The number of hydrogen-bond acceptors (Lipinski definition) is 3. The summed E-state index contributed by atoms with van der Waals surface area (Å²) >= 11 is 5.46. The van der Waals surface area contributed by atoms with Crippen molar-refractivity contribution in [3.8, 4) is 11.4 Å². The lowest BCUT2D eigenvalue weighted by Gasteiger charge is -2.12. The molecule has 4 rings (SSSR count). The topological polar surface area (TPSA) is 54.8 Å². The lowest BCUT2D eigenvalue weighted by atomic mass is 10.1. The highest BCUT2D eigenvalue weighted by molar-refractivity contribution is 7.80. The number of hydrogen-bond donors (Lipinski definition) is 2. The van der Waals surface area contributed by atoms with E-state index in [-0.39, 0.29) is 0 Å². The monoisotopic (exact) mass is 391 g/mol. The number of nitrogens with zero attached hydrogens (tertiary/aromatic N) is 3. The van der Waals surface area contributed by atoms with Gasteiger partial charge in [-0.2, -0.15) is 0 Å². The van der Waals surface area contributed by atoms with Crippen LogP contribution in [0.15, 0.2) is 48.5 Å². The summed E-state index contributed by atoms with van der Waals surface area (Å²) in [5.41, 5.74) is 4.31. The van der Waals surface area contributed by atoms with Crippen molar-refractivity contribution in [2.45, 2.75) is 45.6 Å². The molecular weight excluding hydrogens is 366 g/mol. The Bertz CT molecular complexity index is 961. The second-order valence-electron chi connectivity index (χ2n) is 7.11. The van der Waals surface area contributed by atoms with E-state index in [0.29, 0.717) is 5.11 Å². The first-order valence-electron chi connectivity index (χ1n) is 9.92. The van der Waals surface area contributed by atoms with Gasteiger partial charge in [0.25, 0.3) is 0 Å². The summed E-state index contributed by atoms with van der Waals surface area (Å²) in [7, 11) is 0. The number of anilines is 2. The van der Waals surface area contributed by atoms with Gasteiger partial charge in [-0.15, -0.1) is 10.2 Å². The third kappa shape index (κ3) is 4.22. The summed E-state index contributed by atoms with van der Waals surface area (Å²) in [6, 6.07) is 16.5. The molecule has 1 aliphatic rings. The predicted octanol–water partition coefficient (Wildman–Crippen LogP) is 5.04. The lowest BCUT2D eigenvalue weighted by molar-refractivity contribution is 0.636. The number of aryl methyl sites for hydroxylation is 2. The number of rotatable bonds is 4. The molecule has 144 valence electrons. The summed E-state index contributed by atoms with van der Waals surface area (Å²) in [4.78, 5) is 0. The van der Waals surface area contributed by atoms with Gasteiger partial charge in [0.2, 0.25) is 0 Å². The fraction of sp³-hybridized carbons (Fsp3) is 0.318. The molecule has 0 atom stereocenters. The van der Waals surface area contributed by atoms with Gasteiger partial charge in [0, 0.05) is 29.9 Å². The lowest BCUT2D eigenvalue weighted by Crippen LogP contribution is -2.19. The van der Waals surface area contributed by atoms with E-state index in [4.69, 9.17) is 12.2 Å². The Morgan fingerprint density at radius 2 is 1.82 bits per heavy atom. The number of fused-ring (bicyclic) bond motifs is 1. The second kappa shape index (κ2) is 8.52. The normalized spacial score (nSPS) is 13.5. The maximum atomic E-state index is 5.46. The molecule has 0 aliphatic carbocycles. The molecule has 0 fully saturated rings. The van der Waals surface area contributed by atoms with Crippen LogP contribution in [0.25, 0.3) is 11.4 Å². The van der Waals surface area contributed by atoms with Crippen LogP contribution in [-0.2, 0) is 19.4 Å². The standard InChI is InChI=1S/C22H25N5S/c1-2-16-7-6-8-19(15-16)24-22(28)23-18-12-10-17(11-13-18)21-26-25-20-9-4-3-5-14-27(20)21/h6-8,10-13,15H,2-5,9,14H2,1H3,(H2,23,24,28). The van der Waals surface area contributed by atoms with Gasteiger partial charge in [0.15, 0.2) is 10.9 Å².